The first-order chi connectivity index (χ1) is 15.3. The lowest BCUT2D eigenvalue weighted by atomic mass is 10.1. The van der Waals surface area contributed by atoms with E-state index in [-0.39, 0.29) is 23.6 Å². The lowest BCUT2D eigenvalue weighted by molar-refractivity contribution is -0.113. The van der Waals surface area contributed by atoms with E-state index in [2.05, 4.69) is 43.4 Å². The van der Waals surface area contributed by atoms with Gasteiger partial charge >= 0.3 is 0 Å². The topological polar surface area (TPSA) is 88.9 Å². The Morgan fingerprint density at radius 1 is 1.12 bits per heavy atom. The number of nitrogens with one attached hydrogen (secondary N) is 2. The van der Waals surface area contributed by atoms with Crippen molar-refractivity contribution in [2.45, 2.75) is 45.4 Å². The minimum atomic E-state index is -0.327. The van der Waals surface area contributed by atoms with Crippen LogP contribution in [0.5, 0.6) is 0 Å². The second-order valence-electron chi connectivity index (χ2n) is 7.39. The molecule has 3 rings (SSSR count). The van der Waals surface area contributed by atoms with Crippen molar-refractivity contribution in [3.05, 3.63) is 68.5 Å². The summed E-state index contributed by atoms with van der Waals surface area (Å²) in [7, 11) is 0. The lowest BCUT2D eigenvalue weighted by Crippen LogP contribution is -2.29. The first kappa shape index (κ1) is 24.2. The van der Waals surface area contributed by atoms with Gasteiger partial charge in [-0.3, -0.25) is 9.59 Å². The zero-order valence-corrected chi connectivity index (χ0v) is 21.5. The summed E-state index contributed by atoms with van der Waals surface area (Å²) in [6.07, 6.45) is 0. The average Bonchev–Trinajstić information content (AvgIpc) is 3.17. The van der Waals surface area contributed by atoms with Crippen LogP contribution in [-0.4, -0.2) is 32.3 Å². The number of benzene rings is 2. The molecule has 0 bridgehead atoms. The maximum absolute atomic E-state index is 12.7. The highest BCUT2D eigenvalue weighted by Crippen LogP contribution is 2.22. The van der Waals surface area contributed by atoms with Crippen molar-refractivity contribution in [3.63, 3.8) is 0 Å². The maximum Gasteiger partial charge on any atom is 0.252 e. The normalized spacial score (nSPS) is 11.8. The molecule has 0 saturated carbocycles. The molecule has 2 N–H and O–H groups in total. The number of nitrogens with zero attached hydrogens (tertiary/aromatic N) is 3. The summed E-state index contributed by atoms with van der Waals surface area (Å²) >= 11 is 3.57. The molecule has 0 spiro atoms. The number of halogens is 1. The number of carbonyl (C=O) groups is 2. The first-order valence-electron chi connectivity index (χ1n) is 10.3. The van der Waals surface area contributed by atoms with Gasteiger partial charge in [-0.05, 0) is 85.7 Å². The predicted molar refractivity (Wildman–Crippen MR) is 136 cm³/mol. The van der Waals surface area contributed by atoms with Gasteiger partial charge in [0.05, 0.1) is 11.8 Å². The Hall–Kier alpha value is -2.40. The van der Waals surface area contributed by atoms with Crippen molar-refractivity contribution in [3.8, 4) is 0 Å². The Balaban J connectivity index is 1.64. The van der Waals surface area contributed by atoms with Gasteiger partial charge in [-0.1, -0.05) is 30.0 Å². The molecule has 2 amide bonds. The number of amides is 2. The van der Waals surface area contributed by atoms with Gasteiger partial charge in [-0.25, -0.2) is 0 Å². The van der Waals surface area contributed by atoms with E-state index in [0.717, 1.165) is 20.4 Å². The number of aryl methyl sites for hydroxylation is 2. The molecule has 168 valence electrons. The molecular formula is C23H26IN5O2S. The molecule has 0 aliphatic carbocycles. The molecule has 1 aromatic heterocycles. The first-order valence-corrected chi connectivity index (χ1v) is 12.3. The average molecular weight is 563 g/mol. The van der Waals surface area contributed by atoms with E-state index in [1.54, 1.807) is 6.07 Å². The predicted octanol–water partition coefficient (Wildman–Crippen LogP) is 4.74. The van der Waals surface area contributed by atoms with Crippen molar-refractivity contribution >= 4 is 51.9 Å². The van der Waals surface area contributed by atoms with Crippen LogP contribution in [0.2, 0.25) is 0 Å². The Morgan fingerprint density at radius 2 is 1.88 bits per heavy atom. The van der Waals surface area contributed by atoms with Gasteiger partial charge in [0, 0.05) is 21.4 Å². The van der Waals surface area contributed by atoms with Crippen LogP contribution in [0.4, 0.5) is 5.69 Å². The molecule has 1 heterocycles. The van der Waals surface area contributed by atoms with E-state index in [1.165, 1.54) is 11.8 Å². The fourth-order valence-electron chi connectivity index (χ4n) is 3.27. The minimum Gasteiger partial charge on any atom is -0.342 e. The van der Waals surface area contributed by atoms with Gasteiger partial charge in [0.25, 0.3) is 5.91 Å². The number of hydrogen-bond donors (Lipinski definition) is 2. The molecule has 1 atom stereocenters. The Bertz CT molecular complexity index is 1130. The van der Waals surface area contributed by atoms with Crippen molar-refractivity contribution in [2.24, 2.45) is 0 Å². The Labute approximate surface area is 205 Å². The molecule has 2 aromatic carbocycles. The molecule has 32 heavy (non-hydrogen) atoms. The van der Waals surface area contributed by atoms with E-state index >= 15 is 0 Å². The van der Waals surface area contributed by atoms with E-state index in [9.17, 15) is 9.59 Å². The number of rotatable bonds is 8. The number of aromatic nitrogens is 3. The summed E-state index contributed by atoms with van der Waals surface area (Å²) in [6.45, 7) is 8.38. The number of hydrogen-bond acceptors (Lipinski definition) is 5. The molecular weight excluding hydrogens is 537 g/mol. The molecule has 9 heteroatoms. The van der Waals surface area contributed by atoms with Gasteiger partial charge in [0.1, 0.15) is 0 Å². The molecule has 0 radical (unpaired) electrons. The third-order valence-electron chi connectivity index (χ3n) is 4.98. The van der Waals surface area contributed by atoms with Crippen molar-refractivity contribution in [1.29, 1.82) is 0 Å². The minimum absolute atomic E-state index is 0.104. The number of thioether (sulfide) groups is 1. The Morgan fingerprint density at radius 3 is 2.56 bits per heavy atom. The number of carbonyl (C=O) groups excluding carboxylic acids is 2. The van der Waals surface area contributed by atoms with Gasteiger partial charge in [-0.15, -0.1) is 10.2 Å². The fraction of sp³-hybridized carbons (Fsp3) is 0.304. The van der Waals surface area contributed by atoms with E-state index in [4.69, 9.17) is 0 Å². The number of anilines is 1. The van der Waals surface area contributed by atoms with Gasteiger partial charge < -0.3 is 15.2 Å². The molecule has 7 nitrogen and oxygen atoms in total. The van der Waals surface area contributed by atoms with Gasteiger partial charge in [-0.2, -0.15) is 0 Å². The second kappa shape index (κ2) is 11.0. The van der Waals surface area contributed by atoms with Crippen LogP contribution in [0.1, 0.15) is 47.2 Å². The monoisotopic (exact) mass is 563 g/mol. The summed E-state index contributed by atoms with van der Waals surface area (Å²) in [5, 5.41) is 15.1. The van der Waals surface area contributed by atoms with Crippen LogP contribution in [0, 0.1) is 17.4 Å². The van der Waals surface area contributed by atoms with Crippen LogP contribution in [-0.2, 0) is 11.3 Å². The summed E-state index contributed by atoms with van der Waals surface area (Å²) in [4.78, 5) is 25.1. The highest BCUT2D eigenvalue weighted by Gasteiger charge is 2.20. The van der Waals surface area contributed by atoms with Crippen LogP contribution in [0.3, 0.4) is 0 Å². The lowest BCUT2D eigenvalue weighted by Gasteiger charge is -2.16. The van der Waals surface area contributed by atoms with Crippen LogP contribution in [0.15, 0.2) is 47.6 Å². The van der Waals surface area contributed by atoms with Crippen LogP contribution >= 0.6 is 34.4 Å². The van der Waals surface area contributed by atoms with Crippen molar-refractivity contribution in [2.75, 3.05) is 11.1 Å². The Kier molecular flexibility index (Phi) is 8.30. The second-order valence-corrected chi connectivity index (χ2v) is 9.58. The van der Waals surface area contributed by atoms with Gasteiger partial charge in [0.15, 0.2) is 11.0 Å². The van der Waals surface area contributed by atoms with Crippen LogP contribution < -0.4 is 10.6 Å². The third kappa shape index (κ3) is 5.89. The standard InChI is InChI=1S/C23H26IN5O2S/c1-5-29-21(16(4)25-22(31)18-9-7-6-8-14(18)2)27-28-23(29)32-13-20(30)26-19-11-10-17(24)12-15(19)3/h6-12,16H,5,13H2,1-4H3,(H,25,31)(H,26,30)/t16-/m1/s1. The fourth-order valence-corrected chi connectivity index (χ4v) is 4.73. The molecule has 0 saturated heterocycles. The summed E-state index contributed by atoms with van der Waals surface area (Å²) in [5.41, 5.74) is 3.38. The van der Waals surface area contributed by atoms with Crippen molar-refractivity contribution in [1.82, 2.24) is 20.1 Å². The smallest absolute Gasteiger partial charge is 0.252 e. The summed E-state index contributed by atoms with van der Waals surface area (Å²) in [5.74, 6) is 0.619. The highest BCUT2D eigenvalue weighted by atomic mass is 127. The zero-order valence-electron chi connectivity index (χ0n) is 18.5. The SMILES string of the molecule is CCn1c(SCC(=O)Nc2ccc(I)cc2C)nnc1[C@@H](C)NC(=O)c1ccccc1C. The van der Waals surface area contributed by atoms with E-state index < -0.39 is 0 Å². The van der Waals surface area contributed by atoms with Crippen molar-refractivity contribution < 1.29 is 9.59 Å². The third-order valence-corrected chi connectivity index (χ3v) is 6.62. The summed E-state index contributed by atoms with van der Waals surface area (Å²) in [6, 6.07) is 13.0. The zero-order chi connectivity index (χ0) is 23.3. The maximum atomic E-state index is 12.7. The molecule has 0 aliphatic heterocycles. The van der Waals surface area contributed by atoms with Crippen LogP contribution in [0.25, 0.3) is 0 Å². The molecule has 0 aliphatic rings. The quantitative estimate of drug-likeness (QED) is 0.306. The molecule has 0 fully saturated rings. The van der Waals surface area contributed by atoms with E-state index in [1.807, 2.05) is 68.7 Å². The molecule has 0 unspecified atom stereocenters. The largest absolute Gasteiger partial charge is 0.342 e. The van der Waals surface area contributed by atoms with Gasteiger partial charge in [0.2, 0.25) is 5.91 Å². The summed E-state index contributed by atoms with van der Waals surface area (Å²) < 4.78 is 3.05. The molecule has 3 aromatic rings. The highest BCUT2D eigenvalue weighted by molar-refractivity contribution is 14.1. The van der Waals surface area contributed by atoms with E-state index in [0.29, 0.717) is 23.1 Å².